The number of carbonyl (C=O) groups excluding carboxylic acids is 1. The van der Waals surface area contributed by atoms with Gasteiger partial charge in [-0.2, -0.15) is 18.3 Å². The number of aromatic nitrogens is 4. The van der Waals surface area contributed by atoms with Gasteiger partial charge in [0.05, 0.1) is 11.8 Å². The first kappa shape index (κ1) is 18.2. The molecule has 0 saturated carbocycles. The number of H-pyrrole nitrogens is 1. The van der Waals surface area contributed by atoms with Crippen molar-refractivity contribution in [3.05, 3.63) is 42.1 Å². The summed E-state index contributed by atoms with van der Waals surface area (Å²) in [4.78, 5) is 17.7. The molecule has 3 aromatic heterocycles. The van der Waals surface area contributed by atoms with Crippen LogP contribution in [-0.2, 0) is 6.18 Å². The lowest BCUT2D eigenvalue weighted by atomic mass is 10.1. The average Bonchev–Trinajstić information content (AvgIpc) is 3.17. The first-order chi connectivity index (χ1) is 11.8. The van der Waals surface area contributed by atoms with Gasteiger partial charge in [0.15, 0.2) is 0 Å². The van der Waals surface area contributed by atoms with E-state index in [1.165, 1.54) is 34.1 Å². The molecular weight excluding hydrogens is 373 g/mol. The molecule has 1 fully saturated rings. The van der Waals surface area contributed by atoms with Gasteiger partial charge in [0.25, 0.3) is 5.91 Å². The molecule has 7 nitrogen and oxygen atoms in total. The number of fused-ring (bicyclic) bond motifs is 1. The van der Waals surface area contributed by atoms with Gasteiger partial charge in [-0.05, 0) is 6.07 Å². The van der Waals surface area contributed by atoms with Crippen LogP contribution in [0.1, 0.15) is 16.1 Å². The number of nitrogens with zero attached hydrogens (tertiary/aromatic N) is 4. The van der Waals surface area contributed by atoms with E-state index in [1.807, 2.05) is 0 Å². The summed E-state index contributed by atoms with van der Waals surface area (Å²) < 4.78 is 41.6. The van der Waals surface area contributed by atoms with Gasteiger partial charge < -0.3 is 15.0 Å². The SMILES string of the molecule is Cl.NC1CN(C(=O)c2cn3cc(-c4cn[nH]c4)cc(C(F)(F)F)c3n2)C1. The van der Waals surface area contributed by atoms with Crippen molar-refractivity contribution in [2.75, 3.05) is 13.1 Å². The van der Waals surface area contributed by atoms with Crippen molar-refractivity contribution in [3.63, 3.8) is 0 Å². The largest absolute Gasteiger partial charge is 0.420 e. The minimum Gasteiger partial charge on any atom is -0.334 e. The molecule has 0 radical (unpaired) electrons. The molecule has 0 aliphatic carbocycles. The third kappa shape index (κ3) is 3.01. The van der Waals surface area contributed by atoms with E-state index >= 15 is 0 Å². The van der Waals surface area contributed by atoms with E-state index in [4.69, 9.17) is 5.73 Å². The number of imidazole rings is 1. The lowest BCUT2D eigenvalue weighted by Crippen LogP contribution is -2.57. The van der Waals surface area contributed by atoms with Crippen molar-refractivity contribution in [1.82, 2.24) is 24.5 Å². The van der Waals surface area contributed by atoms with Gasteiger partial charge in [0, 0.05) is 48.8 Å². The zero-order valence-corrected chi connectivity index (χ0v) is 14.0. The summed E-state index contributed by atoms with van der Waals surface area (Å²) in [6.07, 6.45) is 1.10. The molecule has 0 bridgehead atoms. The number of carbonyl (C=O) groups is 1. The van der Waals surface area contributed by atoms with E-state index in [0.29, 0.717) is 24.2 Å². The number of nitrogens with two attached hydrogens (primary N) is 1. The van der Waals surface area contributed by atoms with Gasteiger partial charge in [0.2, 0.25) is 0 Å². The Bertz CT molecular complexity index is 946. The molecule has 11 heteroatoms. The molecule has 0 atom stereocenters. The van der Waals surface area contributed by atoms with Crippen LogP contribution < -0.4 is 5.73 Å². The Labute approximate surface area is 151 Å². The molecule has 4 heterocycles. The van der Waals surface area contributed by atoms with Crippen LogP contribution in [0.5, 0.6) is 0 Å². The second kappa shape index (κ2) is 6.29. The summed E-state index contributed by atoms with van der Waals surface area (Å²) in [5.41, 5.74) is 5.19. The zero-order chi connectivity index (χ0) is 17.8. The summed E-state index contributed by atoms with van der Waals surface area (Å²) in [6.45, 7) is 0.748. The molecular formula is C15H14ClF3N6O. The Morgan fingerprint density at radius 1 is 1.27 bits per heavy atom. The highest BCUT2D eigenvalue weighted by molar-refractivity contribution is 5.93. The van der Waals surface area contributed by atoms with Crippen LogP contribution in [0.4, 0.5) is 13.2 Å². The number of rotatable bonds is 2. The maximum atomic E-state index is 13.4. The van der Waals surface area contributed by atoms with Crippen LogP contribution >= 0.6 is 12.4 Å². The van der Waals surface area contributed by atoms with Crippen molar-refractivity contribution in [2.45, 2.75) is 12.2 Å². The van der Waals surface area contributed by atoms with E-state index in [1.54, 1.807) is 0 Å². The second-order valence-corrected chi connectivity index (χ2v) is 5.95. The van der Waals surface area contributed by atoms with Crippen molar-refractivity contribution < 1.29 is 18.0 Å². The molecule has 0 unspecified atom stereocenters. The van der Waals surface area contributed by atoms with Crippen molar-refractivity contribution >= 4 is 24.0 Å². The standard InChI is InChI=1S/C15H13F3N6O.ClH/c16-15(17,18)11-1-8(9-2-20-21-3-9)4-23-7-12(22-13(11)23)14(25)24-5-10(19)6-24;/h1-4,7,10H,5-6,19H2,(H,20,21);1H. The van der Waals surface area contributed by atoms with Crippen molar-refractivity contribution in [2.24, 2.45) is 5.73 Å². The number of pyridine rings is 1. The molecule has 26 heavy (non-hydrogen) atoms. The van der Waals surface area contributed by atoms with Gasteiger partial charge >= 0.3 is 6.18 Å². The average molecular weight is 387 g/mol. The van der Waals surface area contributed by atoms with Gasteiger partial charge in [-0.15, -0.1) is 12.4 Å². The third-order valence-corrected chi connectivity index (χ3v) is 4.10. The summed E-state index contributed by atoms with van der Waals surface area (Å²) in [6, 6.07) is 0.903. The summed E-state index contributed by atoms with van der Waals surface area (Å²) in [5.74, 6) is -0.427. The summed E-state index contributed by atoms with van der Waals surface area (Å²) >= 11 is 0. The molecule has 0 aromatic carbocycles. The summed E-state index contributed by atoms with van der Waals surface area (Å²) in [5, 5.41) is 6.31. The van der Waals surface area contributed by atoms with Crippen LogP contribution in [0.3, 0.4) is 0 Å². The van der Waals surface area contributed by atoms with E-state index in [-0.39, 0.29) is 29.8 Å². The van der Waals surface area contributed by atoms with Crippen molar-refractivity contribution in [1.29, 1.82) is 0 Å². The first-order valence-corrected chi connectivity index (χ1v) is 7.47. The van der Waals surface area contributed by atoms with Gasteiger partial charge in [0.1, 0.15) is 11.3 Å². The third-order valence-electron chi connectivity index (χ3n) is 4.10. The Morgan fingerprint density at radius 2 is 2.00 bits per heavy atom. The smallest absolute Gasteiger partial charge is 0.334 e. The highest BCUT2D eigenvalue weighted by Crippen LogP contribution is 2.35. The van der Waals surface area contributed by atoms with Crippen LogP contribution in [0.25, 0.3) is 16.8 Å². The van der Waals surface area contributed by atoms with Crippen molar-refractivity contribution in [3.8, 4) is 11.1 Å². The number of aromatic amines is 1. The maximum Gasteiger partial charge on any atom is 0.420 e. The topological polar surface area (TPSA) is 92.3 Å². The Morgan fingerprint density at radius 3 is 2.58 bits per heavy atom. The number of likely N-dealkylation sites (tertiary alicyclic amines) is 1. The normalized spacial score (nSPS) is 15.0. The molecule has 3 N–H and O–H groups in total. The van der Waals surface area contributed by atoms with Crippen LogP contribution in [0.2, 0.25) is 0 Å². The molecule has 138 valence electrons. The predicted octanol–water partition coefficient (Wildman–Crippen LogP) is 1.95. The monoisotopic (exact) mass is 386 g/mol. The number of hydrogen-bond acceptors (Lipinski definition) is 4. The van der Waals surface area contributed by atoms with Crippen LogP contribution in [0.15, 0.2) is 30.9 Å². The Kier molecular flexibility index (Phi) is 4.41. The van der Waals surface area contributed by atoms with E-state index in [0.717, 1.165) is 6.07 Å². The Balaban J connectivity index is 0.00000196. The number of hydrogen-bond donors (Lipinski definition) is 2. The number of halogens is 4. The van der Waals surface area contributed by atoms with E-state index < -0.39 is 17.6 Å². The molecule has 4 rings (SSSR count). The summed E-state index contributed by atoms with van der Waals surface area (Å²) in [7, 11) is 0. The van der Waals surface area contributed by atoms with Gasteiger partial charge in [-0.3, -0.25) is 9.89 Å². The fraction of sp³-hybridized carbons (Fsp3) is 0.267. The highest BCUT2D eigenvalue weighted by Gasteiger charge is 2.36. The van der Waals surface area contributed by atoms with Crippen LogP contribution in [-0.4, -0.2) is 49.5 Å². The first-order valence-electron chi connectivity index (χ1n) is 7.47. The minimum atomic E-state index is -4.61. The molecule has 0 spiro atoms. The van der Waals surface area contributed by atoms with Crippen LogP contribution in [0, 0.1) is 0 Å². The number of amides is 1. The van der Waals surface area contributed by atoms with Gasteiger partial charge in [-0.1, -0.05) is 0 Å². The Hall–Kier alpha value is -2.59. The van der Waals surface area contributed by atoms with E-state index in [2.05, 4.69) is 15.2 Å². The highest BCUT2D eigenvalue weighted by atomic mass is 35.5. The molecule has 1 aliphatic rings. The number of alkyl halides is 3. The zero-order valence-electron chi connectivity index (χ0n) is 13.2. The predicted molar refractivity (Wildman–Crippen MR) is 88.9 cm³/mol. The maximum absolute atomic E-state index is 13.4. The van der Waals surface area contributed by atoms with Gasteiger partial charge in [-0.25, -0.2) is 4.98 Å². The fourth-order valence-electron chi connectivity index (χ4n) is 2.82. The second-order valence-electron chi connectivity index (χ2n) is 5.95. The molecule has 3 aromatic rings. The lowest BCUT2D eigenvalue weighted by molar-refractivity contribution is -0.136. The number of nitrogens with one attached hydrogen (secondary N) is 1. The minimum absolute atomic E-state index is 0. The quantitative estimate of drug-likeness (QED) is 0.704. The molecule has 1 saturated heterocycles. The van der Waals surface area contributed by atoms with E-state index in [9.17, 15) is 18.0 Å². The lowest BCUT2D eigenvalue weighted by Gasteiger charge is -2.36. The fourth-order valence-corrected chi connectivity index (χ4v) is 2.82. The molecule has 1 aliphatic heterocycles. The molecule has 1 amide bonds.